The van der Waals surface area contributed by atoms with Crippen LogP contribution >= 0.6 is 0 Å². The third-order valence-electron chi connectivity index (χ3n) is 3.72. The first-order valence-electron chi connectivity index (χ1n) is 7.36. The summed E-state index contributed by atoms with van der Waals surface area (Å²) in [5, 5.41) is 13.5. The highest BCUT2D eigenvalue weighted by Crippen LogP contribution is 2.21. The van der Waals surface area contributed by atoms with Crippen LogP contribution in [-0.2, 0) is 17.8 Å². The van der Waals surface area contributed by atoms with Crippen molar-refractivity contribution in [3.63, 3.8) is 0 Å². The van der Waals surface area contributed by atoms with Gasteiger partial charge in [-0.2, -0.15) is 0 Å². The van der Waals surface area contributed by atoms with Crippen molar-refractivity contribution in [2.75, 3.05) is 19.8 Å². The Morgan fingerprint density at radius 1 is 1.25 bits per heavy atom. The molecule has 0 amide bonds. The number of hydrogen-bond donors (Lipinski definition) is 2. The van der Waals surface area contributed by atoms with Gasteiger partial charge in [-0.3, -0.25) is 0 Å². The van der Waals surface area contributed by atoms with Crippen molar-refractivity contribution < 1.29 is 9.84 Å². The smallest absolute Gasteiger partial charge is 0.0698 e. The molecule has 1 aromatic carbocycles. The van der Waals surface area contributed by atoms with E-state index in [4.69, 9.17) is 9.84 Å². The summed E-state index contributed by atoms with van der Waals surface area (Å²) in [5.74, 6) is 0. The molecule has 0 saturated heterocycles. The zero-order valence-corrected chi connectivity index (χ0v) is 11.7. The average Bonchev–Trinajstić information content (AvgIpc) is 3.22. The van der Waals surface area contributed by atoms with E-state index in [0.717, 1.165) is 19.1 Å². The molecule has 0 bridgehead atoms. The second kappa shape index (κ2) is 6.39. The Morgan fingerprint density at radius 2 is 2.15 bits per heavy atom. The SMILES string of the molecule is OCCOCCn1ccc2cc(CNC3CC3)ccc21. The molecule has 4 nitrogen and oxygen atoms in total. The van der Waals surface area contributed by atoms with Gasteiger partial charge in [-0.1, -0.05) is 6.07 Å². The molecule has 0 unspecified atom stereocenters. The fourth-order valence-corrected chi connectivity index (χ4v) is 2.43. The molecular weight excluding hydrogens is 252 g/mol. The highest BCUT2D eigenvalue weighted by molar-refractivity contribution is 5.80. The maximum Gasteiger partial charge on any atom is 0.0698 e. The quantitative estimate of drug-likeness (QED) is 0.723. The van der Waals surface area contributed by atoms with Crippen LogP contribution in [0.1, 0.15) is 18.4 Å². The Balaban J connectivity index is 1.62. The van der Waals surface area contributed by atoms with Gasteiger partial charge in [0, 0.05) is 30.8 Å². The molecule has 1 aromatic heterocycles. The summed E-state index contributed by atoms with van der Waals surface area (Å²) in [4.78, 5) is 0. The molecule has 2 N–H and O–H groups in total. The molecule has 0 spiro atoms. The van der Waals surface area contributed by atoms with Crippen LogP contribution in [0.25, 0.3) is 10.9 Å². The fraction of sp³-hybridized carbons (Fsp3) is 0.500. The zero-order valence-electron chi connectivity index (χ0n) is 11.7. The van der Waals surface area contributed by atoms with E-state index >= 15 is 0 Å². The van der Waals surface area contributed by atoms with Crippen molar-refractivity contribution in [2.45, 2.75) is 32.0 Å². The summed E-state index contributed by atoms with van der Waals surface area (Å²) in [6.45, 7) is 2.92. The molecule has 108 valence electrons. The monoisotopic (exact) mass is 274 g/mol. The molecule has 1 fully saturated rings. The Bertz CT molecular complexity index is 561. The van der Waals surface area contributed by atoms with E-state index in [9.17, 15) is 0 Å². The minimum absolute atomic E-state index is 0.0871. The Hall–Kier alpha value is -1.36. The minimum atomic E-state index is 0.0871. The standard InChI is InChI=1S/C16H22N2O2/c19-8-10-20-9-7-18-6-5-14-11-13(1-4-16(14)18)12-17-15-2-3-15/h1,4-6,11,15,17,19H,2-3,7-10,12H2. The fourth-order valence-electron chi connectivity index (χ4n) is 2.43. The predicted molar refractivity (Wildman–Crippen MR) is 79.7 cm³/mol. The number of ether oxygens (including phenoxy) is 1. The largest absolute Gasteiger partial charge is 0.394 e. The van der Waals surface area contributed by atoms with E-state index in [0.29, 0.717) is 13.2 Å². The second-order valence-electron chi connectivity index (χ2n) is 5.39. The summed E-state index contributed by atoms with van der Waals surface area (Å²) in [6.07, 6.45) is 4.75. The van der Waals surface area contributed by atoms with Crippen molar-refractivity contribution >= 4 is 10.9 Å². The van der Waals surface area contributed by atoms with E-state index in [1.807, 2.05) is 0 Å². The average molecular weight is 274 g/mol. The van der Waals surface area contributed by atoms with Gasteiger partial charge in [0.1, 0.15) is 0 Å². The summed E-state index contributed by atoms with van der Waals surface area (Å²) in [7, 11) is 0. The van der Waals surface area contributed by atoms with Crippen molar-refractivity contribution in [1.82, 2.24) is 9.88 Å². The lowest BCUT2D eigenvalue weighted by Gasteiger charge is -2.07. The molecule has 3 rings (SSSR count). The van der Waals surface area contributed by atoms with Crippen molar-refractivity contribution in [3.8, 4) is 0 Å². The van der Waals surface area contributed by atoms with Crippen LogP contribution in [0.4, 0.5) is 0 Å². The number of aromatic nitrogens is 1. The topological polar surface area (TPSA) is 46.4 Å². The highest BCUT2D eigenvalue weighted by Gasteiger charge is 2.19. The summed E-state index contributed by atoms with van der Waals surface area (Å²) in [5.41, 5.74) is 2.59. The minimum Gasteiger partial charge on any atom is -0.394 e. The van der Waals surface area contributed by atoms with E-state index in [1.165, 1.54) is 29.3 Å². The molecule has 0 aliphatic heterocycles. The summed E-state index contributed by atoms with van der Waals surface area (Å²) < 4.78 is 7.52. The van der Waals surface area contributed by atoms with Crippen molar-refractivity contribution in [2.24, 2.45) is 0 Å². The first-order valence-corrected chi connectivity index (χ1v) is 7.36. The molecular formula is C16H22N2O2. The third kappa shape index (κ3) is 3.39. The van der Waals surface area contributed by atoms with Gasteiger partial charge in [-0.05, 0) is 42.0 Å². The predicted octanol–water partition coefficient (Wildman–Crippen LogP) is 1.90. The molecule has 0 radical (unpaired) electrons. The molecule has 2 aromatic rings. The van der Waals surface area contributed by atoms with Crippen LogP contribution in [0.5, 0.6) is 0 Å². The van der Waals surface area contributed by atoms with Gasteiger partial charge in [0.15, 0.2) is 0 Å². The van der Waals surface area contributed by atoms with E-state index in [2.05, 4.69) is 40.3 Å². The molecule has 0 atom stereocenters. The van der Waals surface area contributed by atoms with Gasteiger partial charge in [0.05, 0.1) is 19.8 Å². The number of nitrogens with zero attached hydrogens (tertiary/aromatic N) is 1. The van der Waals surface area contributed by atoms with Crippen LogP contribution in [0.2, 0.25) is 0 Å². The number of fused-ring (bicyclic) bond motifs is 1. The first-order chi connectivity index (χ1) is 9.86. The summed E-state index contributed by atoms with van der Waals surface area (Å²) >= 11 is 0. The lowest BCUT2D eigenvalue weighted by atomic mass is 10.1. The number of aliphatic hydroxyl groups excluding tert-OH is 1. The summed E-state index contributed by atoms with van der Waals surface area (Å²) in [6, 6.07) is 9.55. The van der Waals surface area contributed by atoms with Crippen molar-refractivity contribution in [3.05, 3.63) is 36.0 Å². The van der Waals surface area contributed by atoms with E-state index in [-0.39, 0.29) is 6.61 Å². The maximum absolute atomic E-state index is 8.68. The van der Waals surface area contributed by atoms with Gasteiger partial charge in [-0.15, -0.1) is 0 Å². The second-order valence-corrected chi connectivity index (χ2v) is 5.39. The zero-order chi connectivity index (χ0) is 13.8. The van der Waals surface area contributed by atoms with Crippen molar-refractivity contribution in [1.29, 1.82) is 0 Å². The molecule has 1 heterocycles. The number of nitrogens with one attached hydrogen (secondary N) is 1. The van der Waals surface area contributed by atoms with Gasteiger partial charge in [-0.25, -0.2) is 0 Å². The van der Waals surface area contributed by atoms with Crippen LogP contribution in [0.3, 0.4) is 0 Å². The van der Waals surface area contributed by atoms with E-state index in [1.54, 1.807) is 0 Å². The number of hydrogen-bond acceptors (Lipinski definition) is 3. The number of aliphatic hydroxyl groups is 1. The molecule has 1 aliphatic carbocycles. The Labute approximate surface area is 119 Å². The Kier molecular flexibility index (Phi) is 4.35. The lowest BCUT2D eigenvalue weighted by Crippen LogP contribution is -2.15. The van der Waals surface area contributed by atoms with Gasteiger partial charge in [0.2, 0.25) is 0 Å². The van der Waals surface area contributed by atoms with E-state index < -0.39 is 0 Å². The number of rotatable bonds is 8. The molecule has 20 heavy (non-hydrogen) atoms. The van der Waals surface area contributed by atoms with Gasteiger partial charge in [0.25, 0.3) is 0 Å². The van der Waals surface area contributed by atoms with Crippen LogP contribution in [-0.4, -0.2) is 35.5 Å². The third-order valence-corrected chi connectivity index (χ3v) is 3.72. The molecule has 1 saturated carbocycles. The lowest BCUT2D eigenvalue weighted by molar-refractivity contribution is 0.0875. The first kappa shape index (κ1) is 13.6. The van der Waals surface area contributed by atoms with Crippen LogP contribution in [0, 0.1) is 0 Å². The maximum atomic E-state index is 8.68. The highest BCUT2D eigenvalue weighted by atomic mass is 16.5. The van der Waals surface area contributed by atoms with Crippen LogP contribution < -0.4 is 5.32 Å². The van der Waals surface area contributed by atoms with Gasteiger partial charge < -0.3 is 19.7 Å². The number of benzene rings is 1. The molecule has 1 aliphatic rings. The van der Waals surface area contributed by atoms with Gasteiger partial charge >= 0.3 is 0 Å². The van der Waals surface area contributed by atoms with Crippen LogP contribution in [0.15, 0.2) is 30.5 Å². The normalized spacial score (nSPS) is 15.1. The molecule has 4 heteroatoms. The Morgan fingerprint density at radius 3 is 2.95 bits per heavy atom.